The lowest BCUT2D eigenvalue weighted by atomic mass is 9.93. The van der Waals surface area contributed by atoms with Crippen molar-refractivity contribution in [1.29, 1.82) is 0 Å². The molecule has 2 heteroatoms. The number of benzene rings is 2. The monoisotopic (exact) mass is 299 g/mol. The van der Waals surface area contributed by atoms with E-state index in [9.17, 15) is 0 Å². The van der Waals surface area contributed by atoms with Gasteiger partial charge in [0, 0.05) is 27.5 Å². The van der Waals surface area contributed by atoms with Gasteiger partial charge in [-0.2, -0.15) is 0 Å². The second-order valence-corrected chi connectivity index (χ2v) is 5.48. The fraction of sp³-hybridized carbons (Fsp3) is 0.125. The van der Waals surface area contributed by atoms with E-state index < -0.39 is 0 Å². The summed E-state index contributed by atoms with van der Waals surface area (Å²) in [5.41, 5.74) is 3.88. The van der Waals surface area contributed by atoms with E-state index in [1.54, 1.807) is 0 Å². The maximum atomic E-state index is 3.54. The van der Waals surface area contributed by atoms with Gasteiger partial charge in [0.1, 0.15) is 0 Å². The fourth-order valence-corrected chi connectivity index (χ4v) is 2.76. The first-order valence-corrected chi connectivity index (χ1v) is 6.86. The van der Waals surface area contributed by atoms with Crippen LogP contribution >= 0.6 is 15.9 Å². The molecule has 0 aliphatic rings. The summed E-state index contributed by atoms with van der Waals surface area (Å²) < 4.78 is 1.12. The topological polar surface area (TPSA) is 15.8 Å². The molecule has 3 aromatic rings. The van der Waals surface area contributed by atoms with E-state index in [-0.39, 0.29) is 0 Å². The Morgan fingerprint density at radius 3 is 2.61 bits per heavy atom. The lowest BCUT2D eigenvalue weighted by Crippen LogP contribution is -1.94. The van der Waals surface area contributed by atoms with Gasteiger partial charge in [-0.05, 0) is 29.3 Å². The van der Waals surface area contributed by atoms with Gasteiger partial charge < -0.3 is 4.98 Å². The Hall–Kier alpha value is -1.54. The molecule has 0 aliphatic carbocycles. The van der Waals surface area contributed by atoms with Crippen molar-refractivity contribution in [2.45, 2.75) is 12.8 Å². The van der Waals surface area contributed by atoms with Crippen LogP contribution in [0.25, 0.3) is 10.9 Å². The molecule has 1 N–H and O–H groups in total. The third kappa shape index (κ3) is 1.97. The molecule has 90 valence electrons. The molecule has 1 aromatic heterocycles. The van der Waals surface area contributed by atoms with Crippen LogP contribution in [0.3, 0.4) is 0 Å². The van der Waals surface area contributed by atoms with Gasteiger partial charge in [-0.25, -0.2) is 0 Å². The summed E-state index contributed by atoms with van der Waals surface area (Å²) in [6.45, 7) is 2.25. The minimum atomic E-state index is 0.397. The van der Waals surface area contributed by atoms with E-state index >= 15 is 0 Å². The van der Waals surface area contributed by atoms with Crippen LogP contribution in [0.15, 0.2) is 59.2 Å². The van der Waals surface area contributed by atoms with Crippen LogP contribution in [-0.4, -0.2) is 4.98 Å². The van der Waals surface area contributed by atoms with Crippen molar-refractivity contribution in [3.8, 4) is 0 Å². The molecule has 0 fully saturated rings. The zero-order valence-electron chi connectivity index (χ0n) is 10.2. The highest BCUT2D eigenvalue weighted by Gasteiger charge is 2.13. The maximum absolute atomic E-state index is 3.54. The van der Waals surface area contributed by atoms with Crippen LogP contribution in [0.5, 0.6) is 0 Å². The first-order valence-electron chi connectivity index (χ1n) is 6.07. The van der Waals surface area contributed by atoms with Gasteiger partial charge in [0.15, 0.2) is 0 Å². The van der Waals surface area contributed by atoms with Gasteiger partial charge >= 0.3 is 0 Å². The Morgan fingerprint density at radius 1 is 1.06 bits per heavy atom. The van der Waals surface area contributed by atoms with Crippen LogP contribution < -0.4 is 0 Å². The van der Waals surface area contributed by atoms with Crippen LogP contribution in [0, 0.1) is 0 Å². The van der Waals surface area contributed by atoms with Gasteiger partial charge in [-0.15, -0.1) is 0 Å². The third-order valence-corrected chi connectivity index (χ3v) is 3.94. The first-order chi connectivity index (χ1) is 8.75. The van der Waals surface area contributed by atoms with Crippen molar-refractivity contribution in [2.24, 2.45) is 0 Å². The molecule has 1 atom stereocenters. The number of aromatic amines is 1. The number of aromatic nitrogens is 1. The van der Waals surface area contributed by atoms with Crippen LogP contribution in [0.4, 0.5) is 0 Å². The Morgan fingerprint density at radius 2 is 1.83 bits per heavy atom. The molecule has 1 unspecified atom stereocenters. The Balaban J connectivity index is 2.12. The molecular formula is C16H14BrN. The molecule has 0 saturated carbocycles. The molecule has 3 rings (SSSR count). The second-order valence-electron chi connectivity index (χ2n) is 4.57. The summed E-state index contributed by atoms with van der Waals surface area (Å²) in [6.07, 6.45) is 2.12. The predicted octanol–water partition coefficient (Wildman–Crippen LogP) is 5.08. The second kappa shape index (κ2) is 4.62. The molecule has 1 heterocycles. The lowest BCUT2D eigenvalue weighted by Gasteiger charge is -2.11. The van der Waals surface area contributed by atoms with E-state index in [2.05, 4.69) is 82.6 Å². The normalized spacial score (nSPS) is 12.8. The molecule has 0 aliphatic heterocycles. The minimum Gasteiger partial charge on any atom is -0.361 e. The van der Waals surface area contributed by atoms with E-state index in [0.717, 1.165) is 4.47 Å². The number of rotatable bonds is 2. The Bertz CT molecular complexity index is 670. The zero-order valence-corrected chi connectivity index (χ0v) is 11.7. The molecule has 0 saturated heterocycles. The predicted molar refractivity (Wildman–Crippen MR) is 80.0 cm³/mol. The van der Waals surface area contributed by atoms with Crippen molar-refractivity contribution >= 4 is 26.8 Å². The van der Waals surface area contributed by atoms with E-state index in [0.29, 0.717) is 5.92 Å². The van der Waals surface area contributed by atoms with Crippen LogP contribution in [-0.2, 0) is 0 Å². The number of fused-ring (bicyclic) bond motifs is 1. The summed E-state index contributed by atoms with van der Waals surface area (Å²) >= 11 is 3.54. The van der Waals surface area contributed by atoms with E-state index in [4.69, 9.17) is 0 Å². The van der Waals surface area contributed by atoms with Gasteiger partial charge in [0.25, 0.3) is 0 Å². The van der Waals surface area contributed by atoms with Crippen molar-refractivity contribution in [3.63, 3.8) is 0 Å². The summed E-state index contributed by atoms with van der Waals surface area (Å²) in [6, 6.07) is 17.0. The third-order valence-electron chi connectivity index (χ3n) is 3.44. The van der Waals surface area contributed by atoms with Gasteiger partial charge in [0.05, 0.1) is 0 Å². The molecule has 2 aromatic carbocycles. The molecule has 0 amide bonds. The van der Waals surface area contributed by atoms with Crippen molar-refractivity contribution < 1.29 is 0 Å². The molecule has 0 radical (unpaired) electrons. The van der Waals surface area contributed by atoms with Crippen molar-refractivity contribution in [1.82, 2.24) is 4.98 Å². The average molecular weight is 300 g/mol. The number of H-pyrrole nitrogens is 1. The number of halogens is 1. The molecule has 18 heavy (non-hydrogen) atoms. The van der Waals surface area contributed by atoms with Crippen LogP contribution in [0.1, 0.15) is 24.0 Å². The summed E-state index contributed by atoms with van der Waals surface area (Å²) in [5.74, 6) is 0.397. The Kier molecular flexibility index (Phi) is 2.96. The van der Waals surface area contributed by atoms with Gasteiger partial charge in [0.2, 0.25) is 0 Å². The molecular weight excluding hydrogens is 286 g/mol. The lowest BCUT2D eigenvalue weighted by molar-refractivity contribution is 0.932. The average Bonchev–Trinajstić information content (AvgIpc) is 2.82. The van der Waals surface area contributed by atoms with Gasteiger partial charge in [-0.3, -0.25) is 0 Å². The highest BCUT2D eigenvalue weighted by Crippen LogP contribution is 2.31. The quantitative estimate of drug-likeness (QED) is 0.679. The fourth-order valence-electron chi connectivity index (χ4n) is 2.39. The van der Waals surface area contributed by atoms with E-state index in [1.807, 2.05) is 0 Å². The highest BCUT2D eigenvalue weighted by atomic mass is 79.9. The highest BCUT2D eigenvalue weighted by molar-refractivity contribution is 9.10. The van der Waals surface area contributed by atoms with E-state index in [1.165, 1.54) is 22.0 Å². The summed E-state index contributed by atoms with van der Waals surface area (Å²) in [4.78, 5) is 3.35. The summed E-state index contributed by atoms with van der Waals surface area (Å²) in [5, 5.41) is 1.29. The number of hydrogen-bond donors (Lipinski definition) is 1. The largest absolute Gasteiger partial charge is 0.361 e. The Labute approximate surface area is 115 Å². The molecule has 0 spiro atoms. The zero-order chi connectivity index (χ0) is 12.5. The smallest absolute Gasteiger partial charge is 0.0457 e. The SMILES string of the molecule is CC(c1ccccc1)c1c[nH]c2ccc(Br)cc12. The first kappa shape index (κ1) is 11.5. The van der Waals surface area contributed by atoms with Crippen molar-refractivity contribution in [3.05, 3.63) is 70.3 Å². The number of hydrogen-bond acceptors (Lipinski definition) is 0. The maximum Gasteiger partial charge on any atom is 0.0457 e. The minimum absolute atomic E-state index is 0.397. The van der Waals surface area contributed by atoms with Gasteiger partial charge in [-0.1, -0.05) is 53.2 Å². The molecule has 0 bridgehead atoms. The standard InChI is InChI=1S/C16H14BrN/c1-11(12-5-3-2-4-6-12)15-10-18-16-8-7-13(17)9-14(15)16/h2-11,18H,1H3. The summed E-state index contributed by atoms with van der Waals surface area (Å²) in [7, 11) is 0. The van der Waals surface area contributed by atoms with Crippen molar-refractivity contribution in [2.75, 3.05) is 0 Å². The molecule has 1 nitrogen and oxygen atoms in total. The van der Waals surface area contributed by atoms with Crippen LogP contribution in [0.2, 0.25) is 0 Å². The number of nitrogens with one attached hydrogen (secondary N) is 1.